The largest absolute Gasteiger partial charge is 0.497 e. The Balaban J connectivity index is 1.49. The lowest BCUT2D eigenvalue weighted by atomic mass is 9.98. The van der Waals surface area contributed by atoms with Crippen LogP contribution in [-0.2, 0) is 19.6 Å². The highest BCUT2D eigenvalue weighted by Gasteiger charge is 2.19. The number of hydrogen-bond donors (Lipinski definition) is 1. The van der Waals surface area contributed by atoms with E-state index < -0.39 is 0 Å². The van der Waals surface area contributed by atoms with Gasteiger partial charge in [0.15, 0.2) is 0 Å². The van der Waals surface area contributed by atoms with Gasteiger partial charge in [-0.15, -0.1) is 0 Å². The average molecular weight is 528 g/mol. The van der Waals surface area contributed by atoms with Gasteiger partial charge in [0.1, 0.15) is 11.5 Å². The maximum atomic E-state index is 12.9. The lowest BCUT2D eigenvalue weighted by Gasteiger charge is -2.29. The lowest BCUT2D eigenvalue weighted by molar-refractivity contribution is -0.117. The highest BCUT2D eigenvalue weighted by molar-refractivity contribution is 9.08. The summed E-state index contributed by atoms with van der Waals surface area (Å²) in [5, 5.41) is 3.72. The molecule has 0 spiro atoms. The van der Waals surface area contributed by atoms with E-state index >= 15 is 0 Å². The van der Waals surface area contributed by atoms with Crippen LogP contribution in [0.2, 0.25) is 0 Å². The molecule has 0 radical (unpaired) electrons. The van der Waals surface area contributed by atoms with Crippen LogP contribution in [-0.4, -0.2) is 51.2 Å². The van der Waals surface area contributed by atoms with Gasteiger partial charge in [-0.05, 0) is 61.1 Å². The molecule has 1 amide bonds. The number of hydrogen-bond acceptors (Lipinski definition) is 4. The van der Waals surface area contributed by atoms with E-state index in [-0.39, 0.29) is 5.91 Å². The Labute approximate surface area is 212 Å². The van der Waals surface area contributed by atoms with Gasteiger partial charge >= 0.3 is 0 Å². The molecule has 3 rings (SSSR count). The fraction of sp³-hybridized carbons (Fsp3) is 0.393. The molecule has 1 aliphatic carbocycles. The monoisotopic (exact) mass is 526 g/mol. The first kappa shape index (κ1) is 26.0. The molecule has 34 heavy (non-hydrogen) atoms. The number of alkyl halides is 1. The number of rotatable bonds is 11. The number of ether oxygens (including phenoxy) is 2. The number of allylic oxidation sites excluding steroid dienone is 3. The van der Waals surface area contributed by atoms with E-state index in [9.17, 15) is 4.79 Å². The number of halogens is 1. The third-order valence-electron chi connectivity index (χ3n) is 6.29. The third-order valence-corrected chi connectivity index (χ3v) is 6.89. The van der Waals surface area contributed by atoms with Crippen molar-refractivity contribution in [1.29, 1.82) is 0 Å². The molecule has 5 nitrogen and oxygen atoms in total. The highest BCUT2D eigenvalue weighted by Crippen LogP contribution is 2.27. The second kappa shape index (κ2) is 13.4. The first-order chi connectivity index (χ1) is 16.6. The number of carbonyl (C=O) groups excluding carboxylic acids is 1. The van der Waals surface area contributed by atoms with Crippen LogP contribution in [0.3, 0.4) is 0 Å². The predicted octanol–water partition coefficient (Wildman–Crippen LogP) is 5.51. The average Bonchev–Trinajstić information content (AvgIpc) is 3.08. The Morgan fingerprint density at radius 2 is 2.06 bits per heavy atom. The van der Waals surface area contributed by atoms with Gasteiger partial charge in [0.2, 0.25) is 0 Å². The lowest BCUT2D eigenvalue weighted by Crippen LogP contribution is -2.33. The van der Waals surface area contributed by atoms with Crippen molar-refractivity contribution in [2.75, 3.05) is 40.4 Å². The third kappa shape index (κ3) is 6.73. The van der Waals surface area contributed by atoms with Gasteiger partial charge in [0.05, 0.1) is 19.8 Å². The minimum absolute atomic E-state index is 0.157. The van der Waals surface area contributed by atoms with Gasteiger partial charge in [-0.25, -0.2) is 0 Å². The van der Waals surface area contributed by atoms with Crippen LogP contribution in [0.5, 0.6) is 0 Å². The number of benzene rings is 1. The fourth-order valence-corrected chi connectivity index (χ4v) is 4.88. The molecule has 2 aliphatic rings. The maximum absolute atomic E-state index is 12.9. The van der Waals surface area contributed by atoms with Crippen molar-refractivity contribution < 1.29 is 14.3 Å². The molecule has 0 unspecified atom stereocenters. The smallest absolute Gasteiger partial charge is 0.255 e. The first-order valence-electron chi connectivity index (χ1n) is 11.8. The molecule has 0 fully saturated rings. The number of methoxy groups -OCH3 is 2. The Hall–Kier alpha value is -2.57. The molecule has 0 aromatic heterocycles. The standard InChI is InChI=1S/C28H35BrN2O3/c1-4-25(27(34-3)26-10-6-5-9-22(26)19-29)28(32)30-16-7-8-17-31-18-15-21-11-13-24(33-2)14-12-23(21)20-31/h4-6,9-11,13-14H,1,7-8,12,15-20H2,2-3H3,(H,30,32)/b27-25-. The predicted molar refractivity (Wildman–Crippen MR) is 142 cm³/mol. The topological polar surface area (TPSA) is 50.8 Å². The number of carbonyl (C=O) groups is 1. The Bertz CT molecular complexity index is 1010. The van der Waals surface area contributed by atoms with E-state index in [1.807, 2.05) is 24.3 Å². The van der Waals surface area contributed by atoms with E-state index in [1.165, 1.54) is 11.1 Å². The van der Waals surface area contributed by atoms with Crippen molar-refractivity contribution in [1.82, 2.24) is 10.2 Å². The number of nitrogens with one attached hydrogen (secondary N) is 1. The molecule has 1 aromatic carbocycles. The minimum atomic E-state index is -0.157. The maximum Gasteiger partial charge on any atom is 0.255 e. The Kier molecular flexibility index (Phi) is 10.2. The first-order valence-corrected chi connectivity index (χ1v) is 12.9. The zero-order valence-electron chi connectivity index (χ0n) is 20.2. The summed E-state index contributed by atoms with van der Waals surface area (Å²) in [6, 6.07) is 7.89. The molecular formula is C28H35BrN2O3. The van der Waals surface area contributed by atoms with Crippen LogP contribution in [0.25, 0.3) is 5.76 Å². The molecule has 0 saturated heterocycles. The summed E-state index contributed by atoms with van der Waals surface area (Å²) in [4.78, 5) is 15.4. The van der Waals surface area contributed by atoms with Crippen LogP contribution in [0.1, 0.15) is 36.8 Å². The number of unbranched alkanes of at least 4 members (excludes halogenated alkanes) is 1. The molecule has 1 N–H and O–H groups in total. The van der Waals surface area contributed by atoms with Gasteiger partial charge in [-0.1, -0.05) is 58.9 Å². The van der Waals surface area contributed by atoms with Gasteiger partial charge < -0.3 is 14.8 Å². The summed E-state index contributed by atoms with van der Waals surface area (Å²) in [6.07, 6.45) is 12.0. The fourth-order valence-electron chi connectivity index (χ4n) is 4.39. The summed E-state index contributed by atoms with van der Waals surface area (Å²) in [5.41, 5.74) is 5.35. The molecule has 182 valence electrons. The summed E-state index contributed by atoms with van der Waals surface area (Å²) < 4.78 is 11.0. The van der Waals surface area contributed by atoms with Crippen molar-refractivity contribution in [2.45, 2.75) is 31.0 Å². The van der Waals surface area contributed by atoms with Crippen molar-refractivity contribution >= 4 is 27.6 Å². The van der Waals surface area contributed by atoms with Crippen LogP contribution in [0, 0.1) is 0 Å². The van der Waals surface area contributed by atoms with Crippen molar-refractivity contribution in [2.24, 2.45) is 0 Å². The summed E-state index contributed by atoms with van der Waals surface area (Å²) >= 11 is 3.51. The van der Waals surface area contributed by atoms with Crippen LogP contribution in [0.4, 0.5) is 0 Å². The molecular weight excluding hydrogens is 492 g/mol. The molecule has 0 atom stereocenters. The van der Waals surface area contributed by atoms with Gasteiger partial charge in [0, 0.05) is 30.5 Å². The Morgan fingerprint density at radius 1 is 1.24 bits per heavy atom. The SMILES string of the molecule is C=C/C(C(=O)NCCCCN1CCC2=C(CC=C(OC)C=C2)C1)=C(/OC)c1ccccc1CBr. The second-order valence-corrected chi connectivity index (χ2v) is 8.97. The molecule has 1 aliphatic heterocycles. The summed E-state index contributed by atoms with van der Waals surface area (Å²) in [7, 11) is 3.31. The zero-order valence-corrected chi connectivity index (χ0v) is 21.8. The normalized spacial score (nSPS) is 16.7. The molecule has 1 aromatic rings. The summed E-state index contributed by atoms with van der Waals surface area (Å²) in [5.74, 6) is 1.33. The van der Waals surface area contributed by atoms with Crippen LogP contribution < -0.4 is 5.32 Å². The minimum Gasteiger partial charge on any atom is -0.497 e. The van der Waals surface area contributed by atoms with Gasteiger partial charge in [0.25, 0.3) is 5.91 Å². The van der Waals surface area contributed by atoms with E-state index in [4.69, 9.17) is 9.47 Å². The van der Waals surface area contributed by atoms with E-state index in [0.717, 1.165) is 62.2 Å². The molecule has 6 heteroatoms. The zero-order chi connectivity index (χ0) is 24.3. The van der Waals surface area contributed by atoms with Crippen molar-refractivity contribution in [3.8, 4) is 0 Å². The van der Waals surface area contributed by atoms with Gasteiger partial charge in [-0.2, -0.15) is 0 Å². The quantitative estimate of drug-likeness (QED) is 0.136. The van der Waals surface area contributed by atoms with Gasteiger partial charge in [-0.3, -0.25) is 9.69 Å². The highest BCUT2D eigenvalue weighted by atomic mass is 79.9. The van der Waals surface area contributed by atoms with Crippen LogP contribution in [0.15, 0.2) is 77.6 Å². The van der Waals surface area contributed by atoms with Crippen LogP contribution >= 0.6 is 15.9 Å². The molecule has 0 bridgehead atoms. The van der Waals surface area contributed by atoms with E-state index in [0.29, 0.717) is 23.2 Å². The molecule has 0 saturated carbocycles. The second-order valence-electron chi connectivity index (χ2n) is 8.41. The number of amides is 1. The Morgan fingerprint density at radius 3 is 2.79 bits per heavy atom. The number of nitrogens with zero attached hydrogens (tertiary/aromatic N) is 1. The van der Waals surface area contributed by atoms with E-state index in [2.05, 4.69) is 51.0 Å². The molecule has 1 heterocycles. The summed E-state index contributed by atoms with van der Waals surface area (Å²) in [6.45, 7) is 7.58. The van der Waals surface area contributed by atoms with Crippen molar-refractivity contribution in [3.63, 3.8) is 0 Å². The van der Waals surface area contributed by atoms with E-state index in [1.54, 1.807) is 20.3 Å². The van der Waals surface area contributed by atoms with Crippen molar-refractivity contribution in [3.05, 3.63) is 88.8 Å².